The molecule has 0 spiro atoms. The Morgan fingerprint density at radius 1 is 1.11 bits per heavy atom. The number of methoxy groups -OCH3 is 3. The minimum absolute atomic E-state index is 0.0269. The fraction of sp³-hybridized carbons (Fsp3) is 0.208. The molecule has 2 aromatic carbocycles. The highest BCUT2D eigenvalue weighted by atomic mass is 16.6. The second kappa shape index (κ2) is 9.96. The van der Waals surface area contributed by atoms with Crippen LogP contribution >= 0.6 is 0 Å². The highest BCUT2D eigenvalue weighted by Gasteiger charge is 2.43. The van der Waals surface area contributed by atoms with Crippen molar-refractivity contribution in [3.63, 3.8) is 0 Å². The Bertz CT molecular complexity index is 1310. The average Bonchev–Trinajstić information content (AvgIpc) is 2.87. The number of nitro groups is 1. The Morgan fingerprint density at radius 3 is 2.26 bits per heavy atom. The fourth-order valence-corrected chi connectivity index (χ4v) is 3.97. The summed E-state index contributed by atoms with van der Waals surface area (Å²) < 4.78 is 15.1. The first-order chi connectivity index (χ1) is 16.7. The van der Waals surface area contributed by atoms with Gasteiger partial charge in [0.1, 0.15) is 11.5 Å². The molecule has 3 rings (SSSR count). The molecule has 0 amide bonds. The minimum Gasteiger partial charge on any atom is -0.490 e. The molecule has 11 nitrogen and oxygen atoms in total. The molecule has 11 heteroatoms. The lowest BCUT2D eigenvalue weighted by atomic mass is 9.80. The van der Waals surface area contributed by atoms with E-state index in [9.17, 15) is 25.0 Å². The van der Waals surface area contributed by atoms with Gasteiger partial charge in [-0.3, -0.25) is 15.0 Å². The molecule has 1 atom stereocenters. The van der Waals surface area contributed by atoms with Crippen LogP contribution in [0.3, 0.4) is 0 Å². The Labute approximate surface area is 200 Å². The van der Waals surface area contributed by atoms with E-state index in [0.717, 1.165) is 19.1 Å². The van der Waals surface area contributed by atoms with E-state index in [1.807, 2.05) is 6.07 Å². The average molecular weight is 478 g/mol. The van der Waals surface area contributed by atoms with Gasteiger partial charge in [-0.25, -0.2) is 9.59 Å². The summed E-state index contributed by atoms with van der Waals surface area (Å²) in [5, 5.41) is 21.6. The van der Waals surface area contributed by atoms with Crippen molar-refractivity contribution >= 4 is 23.3 Å². The van der Waals surface area contributed by atoms with Crippen molar-refractivity contribution in [3.8, 4) is 11.8 Å². The normalized spacial score (nSPS) is 15.4. The van der Waals surface area contributed by atoms with Crippen molar-refractivity contribution in [3.05, 3.63) is 86.4 Å². The number of nitriles is 1. The van der Waals surface area contributed by atoms with E-state index in [2.05, 4.69) is 0 Å². The third kappa shape index (κ3) is 4.24. The molecule has 0 aliphatic carbocycles. The van der Waals surface area contributed by atoms with Gasteiger partial charge in [0.05, 0.1) is 55.1 Å². The van der Waals surface area contributed by atoms with E-state index < -0.39 is 22.8 Å². The maximum Gasteiger partial charge on any atom is 0.355 e. The summed E-state index contributed by atoms with van der Waals surface area (Å²) in [6.45, 7) is 1.55. The van der Waals surface area contributed by atoms with Crippen LogP contribution in [-0.4, -0.2) is 38.2 Å². The zero-order chi connectivity index (χ0) is 25.9. The number of rotatable bonds is 6. The second-order valence-corrected chi connectivity index (χ2v) is 7.40. The van der Waals surface area contributed by atoms with E-state index >= 15 is 0 Å². The Morgan fingerprint density at radius 2 is 1.74 bits per heavy atom. The largest absolute Gasteiger partial charge is 0.490 e. The van der Waals surface area contributed by atoms with Crippen molar-refractivity contribution in [2.45, 2.75) is 12.8 Å². The number of allylic oxidation sites excluding steroid dienone is 1. The molecule has 0 fully saturated rings. The Balaban J connectivity index is 2.46. The molecule has 1 unspecified atom stereocenters. The van der Waals surface area contributed by atoms with E-state index in [-0.39, 0.29) is 39.8 Å². The lowest BCUT2D eigenvalue weighted by Gasteiger charge is -2.36. The molecule has 1 aliphatic heterocycles. The summed E-state index contributed by atoms with van der Waals surface area (Å²) in [5.41, 5.74) is 6.67. The molecule has 2 aromatic rings. The quantitative estimate of drug-likeness (QED) is 0.372. The second-order valence-electron chi connectivity index (χ2n) is 7.40. The van der Waals surface area contributed by atoms with E-state index in [4.69, 9.17) is 19.9 Å². The van der Waals surface area contributed by atoms with Gasteiger partial charge in [0.2, 0.25) is 0 Å². The number of esters is 2. The summed E-state index contributed by atoms with van der Waals surface area (Å²) in [5.74, 6) is -3.11. The van der Waals surface area contributed by atoms with Gasteiger partial charge in [-0.15, -0.1) is 0 Å². The molecule has 0 saturated carbocycles. The third-order valence-electron chi connectivity index (χ3n) is 5.55. The summed E-state index contributed by atoms with van der Waals surface area (Å²) >= 11 is 0. The first-order valence-corrected chi connectivity index (χ1v) is 10.2. The van der Waals surface area contributed by atoms with Crippen molar-refractivity contribution in [2.75, 3.05) is 26.2 Å². The summed E-state index contributed by atoms with van der Waals surface area (Å²) in [7, 11) is 3.52. The van der Waals surface area contributed by atoms with Crippen LogP contribution in [0.2, 0.25) is 0 Å². The van der Waals surface area contributed by atoms with E-state index in [1.54, 1.807) is 37.3 Å². The van der Waals surface area contributed by atoms with Crippen molar-refractivity contribution in [2.24, 2.45) is 5.73 Å². The number of nitrogens with zero attached hydrogens (tertiary/aromatic N) is 3. The monoisotopic (exact) mass is 478 g/mol. The number of carbonyl (C=O) groups is 2. The molecule has 2 N–H and O–H groups in total. The zero-order valence-electron chi connectivity index (χ0n) is 19.4. The van der Waals surface area contributed by atoms with Crippen LogP contribution < -0.4 is 15.4 Å². The number of aryl methyl sites for hydroxylation is 1. The van der Waals surface area contributed by atoms with Crippen LogP contribution in [0.25, 0.3) is 0 Å². The molecule has 1 heterocycles. The first kappa shape index (κ1) is 24.8. The van der Waals surface area contributed by atoms with Crippen molar-refractivity contribution in [1.82, 2.24) is 0 Å². The molecule has 0 aromatic heterocycles. The summed E-state index contributed by atoms with van der Waals surface area (Å²) in [6.07, 6.45) is 0. The van der Waals surface area contributed by atoms with Crippen LogP contribution in [0.15, 0.2) is 65.1 Å². The molecule has 0 saturated heterocycles. The molecule has 35 heavy (non-hydrogen) atoms. The smallest absolute Gasteiger partial charge is 0.355 e. The van der Waals surface area contributed by atoms with Crippen molar-refractivity contribution in [1.29, 1.82) is 5.26 Å². The van der Waals surface area contributed by atoms with Crippen LogP contribution in [0.4, 0.5) is 11.4 Å². The van der Waals surface area contributed by atoms with Crippen molar-refractivity contribution < 1.29 is 28.7 Å². The number of hydrogen-bond acceptors (Lipinski definition) is 10. The lowest BCUT2D eigenvalue weighted by Crippen LogP contribution is -2.41. The molecular weight excluding hydrogens is 456 g/mol. The number of carbonyl (C=O) groups excluding carboxylic acids is 2. The van der Waals surface area contributed by atoms with Gasteiger partial charge in [-0.2, -0.15) is 5.26 Å². The van der Waals surface area contributed by atoms with Gasteiger partial charge in [-0.1, -0.05) is 30.3 Å². The van der Waals surface area contributed by atoms with Gasteiger partial charge >= 0.3 is 17.6 Å². The number of benzene rings is 2. The van der Waals surface area contributed by atoms with Gasteiger partial charge in [0.25, 0.3) is 0 Å². The first-order valence-electron chi connectivity index (χ1n) is 10.2. The standard InChI is InChI=1S/C24H22N4O7/c1-13-10-17(28(31)32)18(33-2)11-16(13)27-21(24(30)35-4)20(23(29)34-3)19(15(12-25)22(27)26)14-8-6-5-7-9-14/h5-11,19H,26H2,1-4H3. The predicted octanol–water partition coefficient (Wildman–Crippen LogP) is 2.81. The SMILES string of the molecule is COC(=O)C1=C(C(=O)OC)N(c2cc(OC)c([N+](=O)[O-])cc2C)C(N)=C(C#N)C1c1ccccc1. The summed E-state index contributed by atoms with van der Waals surface area (Å²) in [6, 6.07) is 13.1. The van der Waals surface area contributed by atoms with Gasteiger partial charge in [-0.05, 0) is 18.1 Å². The van der Waals surface area contributed by atoms with E-state index in [0.29, 0.717) is 11.1 Å². The lowest BCUT2D eigenvalue weighted by molar-refractivity contribution is -0.385. The highest BCUT2D eigenvalue weighted by Crippen LogP contribution is 2.45. The molecule has 0 radical (unpaired) electrons. The molecular formula is C24H22N4O7. The zero-order valence-corrected chi connectivity index (χ0v) is 19.4. The topological polar surface area (TPSA) is 158 Å². The molecule has 0 bridgehead atoms. The number of anilines is 1. The van der Waals surface area contributed by atoms with Gasteiger partial charge < -0.3 is 19.9 Å². The van der Waals surface area contributed by atoms with Crippen LogP contribution in [-0.2, 0) is 19.1 Å². The van der Waals surface area contributed by atoms with Gasteiger partial charge in [0.15, 0.2) is 5.75 Å². The Hall–Kier alpha value is -4.85. The molecule has 180 valence electrons. The maximum absolute atomic E-state index is 13.1. The summed E-state index contributed by atoms with van der Waals surface area (Å²) in [4.78, 5) is 38.2. The third-order valence-corrected chi connectivity index (χ3v) is 5.55. The Kier molecular flexibility index (Phi) is 7.06. The van der Waals surface area contributed by atoms with Crippen LogP contribution in [0, 0.1) is 28.4 Å². The van der Waals surface area contributed by atoms with Crippen LogP contribution in [0.5, 0.6) is 5.75 Å². The predicted molar refractivity (Wildman–Crippen MR) is 124 cm³/mol. The number of nitrogens with two attached hydrogens (primary N) is 1. The van der Waals surface area contributed by atoms with Crippen LogP contribution in [0.1, 0.15) is 17.0 Å². The number of nitro benzene ring substituents is 1. The van der Waals surface area contributed by atoms with Gasteiger partial charge in [0, 0.05) is 12.1 Å². The minimum atomic E-state index is -1.03. The maximum atomic E-state index is 13.1. The number of hydrogen-bond donors (Lipinski definition) is 1. The fourth-order valence-electron chi connectivity index (χ4n) is 3.97. The molecule has 1 aliphatic rings. The number of ether oxygens (including phenoxy) is 3. The van der Waals surface area contributed by atoms with E-state index in [1.165, 1.54) is 19.2 Å². The highest BCUT2D eigenvalue weighted by molar-refractivity contribution is 6.06.